The van der Waals surface area contributed by atoms with E-state index < -0.39 is 10.9 Å². The first-order valence-corrected chi connectivity index (χ1v) is 6.46. The fraction of sp³-hybridized carbons (Fsp3) is 0. The lowest BCUT2D eigenvalue weighted by Crippen LogP contribution is -2.24. The van der Waals surface area contributed by atoms with E-state index >= 15 is 0 Å². The van der Waals surface area contributed by atoms with Crippen LogP contribution in [0.2, 0.25) is 0 Å². The van der Waals surface area contributed by atoms with Crippen LogP contribution < -0.4 is 10.9 Å². The topological polar surface area (TPSA) is 49.9 Å². The first-order chi connectivity index (χ1) is 7.29. The van der Waals surface area contributed by atoms with Gasteiger partial charge in [-0.3, -0.25) is 9.59 Å². The maximum absolute atomic E-state index is 11.7. The van der Waals surface area contributed by atoms with Gasteiger partial charge in [-0.15, -0.1) is 0 Å². The molecule has 1 aromatic rings. The standard InChI is InChI=1S/C10H5NO2S2/c12-8-6-4-2-1-3-5(6)7-10(9(8)13)14-15-11-7/h1-4,11H. The van der Waals surface area contributed by atoms with Crippen molar-refractivity contribution in [3.8, 4) is 0 Å². The van der Waals surface area contributed by atoms with E-state index in [0.29, 0.717) is 9.92 Å². The normalized spacial score (nSPS) is 11.2. The fourth-order valence-corrected chi connectivity index (χ4v) is 3.65. The molecule has 0 spiro atoms. The Hall–Kier alpha value is -1.46. The average Bonchev–Trinajstić information content (AvgIpc) is 2.75. The summed E-state index contributed by atoms with van der Waals surface area (Å²) in [6, 6.07) is 7.18. The van der Waals surface area contributed by atoms with Crippen LogP contribution in [0.1, 0.15) is 0 Å². The second-order valence-corrected chi connectivity index (χ2v) is 5.12. The molecule has 0 aromatic heterocycles. The highest BCUT2D eigenvalue weighted by molar-refractivity contribution is 7.66. The van der Waals surface area contributed by atoms with Gasteiger partial charge in [-0.1, -0.05) is 34.6 Å². The SMILES string of the molecule is O=c1c2ss[nH]c=2c2ccccc2c1=O. The Morgan fingerprint density at radius 3 is 2.53 bits per heavy atom. The molecule has 1 aromatic carbocycles. The van der Waals surface area contributed by atoms with Gasteiger partial charge >= 0.3 is 0 Å². The van der Waals surface area contributed by atoms with Gasteiger partial charge in [-0.05, 0) is 10.5 Å². The van der Waals surface area contributed by atoms with E-state index in [2.05, 4.69) is 4.37 Å². The second kappa shape index (κ2) is 3.01. The lowest BCUT2D eigenvalue weighted by molar-refractivity contribution is 1.39. The summed E-state index contributed by atoms with van der Waals surface area (Å²) in [4.78, 5) is 23.4. The van der Waals surface area contributed by atoms with Gasteiger partial charge in [-0.25, -0.2) is 0 Å². The van der Waals surface area contributed by atoms with Crippen molar-refractivity contribution in [2.45, 2.75) is 0 Å². The number of benzene rings is 1. The summed E-state index contributed by atoms with van der Waals surface area (Å²) in [7, 11) is 2.68. The predicted molar refractivity (Wildman–Crippen MR) is 61.9 cm³/mol. The Labute approximate surface area is 90.8 Å². The number of hydrogen-bond acceptors (Lipinski definition) is 4. The van der Waals surface area contributed by atoms with Crippen molar-refractivity contribution in [2.75, 3.05) is 0 Å². The molecule has 74 valence electrons. The Balaban J connectivity index is 2.92. The molecular formula is C10H5NO2S2. The average molecular weight is 235 g/mol. The Bertz CT molecular complexity index is 812. The fourth-order valence-electron chi connectivity index (χ4n) is 1.65. The van der Waals surface area contributed by atoms with Gasteiger partial charge in [0.1, 0.15) is 4.53 Å². The molecule has 0 saturated carbocycles. The van der Waals surface area contributed by atoms with Gasteiger partial charge in [0, 0.05) is 10.8 Å². The summed E-state index contributed by atoms with van der Waals surface area (Å²) in [5, 5.41) is 2.11. The summed E-state index contributed by atoms with van der Waals surface area (Å²) in [5.74, 6) is 0. The van der Waals surface area contributed by atoms with Crippen LogP contribution >= 0.6 is 20.9 Å². The molecule has 0 saturated heterocycles. The minimum atomic E-state index is -0.402. The number of aromatic nitrogens is 1. The third-order valence-corrected chi connectivity index (χ3v) is 4.28. The largest absolute Gasteiger partial charge is 0.300 e. The zero-order chi connectivity index (χ0) is 10.4. The van der Waals surface area contributed by atoms with Crippen LogP contribution in [0.3, 0.4) is 0 Å². The molecule has 0 atom stereocenters. The lowest BCUT2D eigenvalue weighted by Gasteiger charge is -1.93. The highest BCUT2D eigenvalue weighted by atomic mass is 32.9. The summed E-state index contributed by atoms with van der Waals surface area (Å²) >= 11 is 0. The third-order valence-electron chi connectivity index (χ3n) is 2.35. The molecule has 0 unspecified atom stereocenters. The van der Waals surface area contributed by atoms with Gasteiger partial charge in [0.05, 0.1) is 5.35 Å². The predicted octanol–water partition coefficient (Wildman–Crippen LogP) is 1.74. The summed E-state index contributed by atoms with van der Waals surface area (Å²) in [6.45, 7) is 0. The lowest BCUT2D eigenvalue weighted by atomic mass is 10.1. The summed E-state index contributed by atoms with van der Waals surface area (Å²) in [6.07, 6.45) is 0. The molecule has 0 radical (unpaired) electrons. The summed E-state index contributed by atoms with van der Waals surface area (Å²) < 4.78 is 3.58. The van der Waals surface area contributed by atoms with Gasteiger partial charge in [0.15, 0.2) is 0 Å². The molecule has 1 N–H and O–H groups in total. The van der Waals surface area contributed by atoms with Crippen molar-refractivity contribution in [2.24, 2.45) is 0 Å². The van der Waals surface area contributed by atoms with Gasteiger partial charge < -0.3 is 4.37 Å². The van der Waals surface area contributed by atoms with E-state index in [-0.39, 0.29) is 0 Å². The quantitative estimate of drug-likeness (QED) is 0.476. The summed E-state index contributed by atoms with van der Waals surface area (Å²) in [5.41, 5.74) is -0.799. The molecule has 1 aliphatic carbocycles. The molecule has 0 bridgehead atoms. The Morgan fingerprint density at radius 1 is 1.00 bits per heavy atom. The molecule has 1 aliphatic heterocycles. The van der Waals surface area contributed by atoms with Gasteiger partial charge in [0.25, 0.3) is 0 Å². The van der Waals surface area contributed by atoms with Crippen LogP contribution in [-0.4, -0.2) is 4.37 Å². The van der Waals surface area contributed by atoms with Crippen LogP contribution in [0, 0.1) is 9.88 Å². The Morgan fingerprint density at radius 2 is 1.73 bits per heavy atom. The molecule has 5 heteroatoms. The molecule has 3 nitrogen and oxygen atoms in total. The van der Waals surface area contributed by atoms with Crippen molar-refractivity contribution >= 4 is 31.6 Å². The maximum atomic E-state index is 11.7. The number of hydrogen-bond donors (Lipinski definition) is 1. The number of rotatable bonds is 0. The minimum absolute atomic E-state index is 0.397. The highest BCUT2D eigenvalue weighted by Gasteiger charge is 2.08. The maximum Gasteiger partial charge on any atom is 0.246 e. The highest BCUT2D eigenvalue weighted by Crippen LogP contribution is 2.14. The number of aromatic amines is 1. The van der Waals surface area contributed by atoms with E-state index in [9.17, 15) is 9.59 Å². The molecular weight excluding hydrogens is 230 g/mol. The molecule has 0 amide bonds. The molecule has 2 aliphatic rings. The van der Waals surface area contributed by atoms with Crippen LogP contribution in [0.15, 0.2) is 33.9 Å². The van der Waals surface area contributed by atoms with E-state index in [1.807, 2.05) is 12.1 Å². The zero-order valence-electron chi connectivity index (χ0n) is 7.44. The van der Waals surface area contributed by atoms with Crippen LogP contribution in [0.4, 0.5) is 0 Å². The first-order valence-electron chi connectivity index (χ1n) is 4.31. The van der Waals surface area contributed by atoms with Crippen molar-refractivity contribution in [3.63, 3.8) is 0 Å². The van der Waals surface area contributed by atoms with Crippen molar-refractivity contribution in [1.82, 2.24) is 4.37 Å². The first kappa shape index (κ1) is 8.82. The number of H-pyrrole nitrogens is 1. The molecule has 15 heavy (non-hydrogen) atoms. The van der Waals surface area contributed by atoms with Crippen LogP contribution in [0.25, 0.3) is 10.8 Å². The second-order valence-electron chi connectivity index (χ2n) is 3.18. The smallest absolute Gasteiger partial charge is 0.246 e. The van der Waals surface area contributed by atoms with Gasteiger partial charge in [0.2, 0.25) is 10.9 Å². The Kier molecular flexibility index (Phi) is 1.77. The molecule has 0 fully saturated rings. The van der Waals surface area contributed by atoms with Crippen molar-refractivity contribution in [3.05, 3.63) is 54.6 Å². The molecule has 1 heterocycles. The zero-order valence-corrected chi connectivity index (χ0v) is 9.08. The number of fused-ring (bicyclic) bond motifs is 2. The van der Waals surface area contributed by atoms with Gasteiger partial charge in [-0.2, -0.15) is 0 Å². The van der Waals surface area contributed by atoms with Crippen LogP contribution in [-0.2, 0) is 0 Å². The molecule has 3 rings (SSSR count). The van der Waals surface area contributed by atoms with E-state index in [0.717, 1.165) is 10.7 Å². The number of nitrogens with one attached hydrogen (secondary N) is 1. The monoisotopic (exact) mass is 235 g/mol. The van der Waals surface area contributed by atoms with Crippen LogP contribution in [0.5, 0.6) is 0 Å². The minimum Gasteiger partial charge on any atom is -0.300 e. The van der Waals surface area contributed by atoms with E-state index in [4.69, 9.17) is 0 Å². The van der Waals surface area contributed by atoms with Crippen molar-refractivity contribution in [1.29, 1.82) is 0 Å². The van der Waals surface area contributed by atoms with E-state index in [1.165, 1.54) is 20.9 Å². The van der Waals surface area contributed by atoms with E-state index in [1.54, 1.807) is 12.1 Å². The third kappa shape index (κ3) is 1.10. The van der Waals surface area contributed by atoms with Crippen molar-refractivity contribution < 1.29 is 0 Å².